The molecule has 1 aromatic rings. The van der Waals surface area contributed by atoms with E-state index in [1.807, 2.05) is 0 Å². The molecule has 0 N–H and O–H groups in total. The number of carbonyl (C=O) groups excluding carboxylic acids is 1. The Bertz CT molecular complexity index is 583. The van der Waals surface area contributed by atoms with Crippen LogP contribution in [0.4, 0.5) is 0 Å². The van der Waals surface area contributed by atoms with Crippen LogP contribution in [0.3, 0.4) is 0 Å². The Labute approximate surface area is 159 Å². The van der Waals surface area contributed by atoms with Crippen LogP contribution in [0.1, 0.15) is 82.8 Å². The minimum atomic E-state index is -0.0804. The van der Waals surface area contributed by atoms with Gasteiger partial charge >= 0.3 is 5.97 Å². The lowest BCUT2D eigenvalue weighted by Gasteiger charge is -2.37. The van der Waals surface area contributed by atoms with Gasteiger partial charge in [-0.2, -0.15) is 0 Å². The molecule has 2 nitrogen and oxygen atoms in total. The lowest BCUT2D eigenvalue weighted by atomic mass is 9.75. The number of benzene rings is 1. The summed E-state index contributed by atoms with van der Waals surface area (Å²) in [5, 5.41) is 0. The molecular formula is C24H36O2. The summed E-state index contributed by atoms with van der Waals surface area (Å²) in [5.74, 6) is 2.14. The van der Waals surface area contributed by atoms with E-state index in [0.717, 1.165) is 24.8 Å². The topological polar surface area (TPSA) is 26.3 Å². The van der Waals surface area contributed by atoms with E-state index in [1.54, 1.807) is 0 Å². The molecule has 0 saturated heterocycles. The summed E-state index contributed by atoms with van der Waals surface area (Å²) >= 11 is 0. The largest absolute Gasteiger partial charge is 0.462 e. The summed E-state index contributed by atoms with van der Waals surface area (Å²) in [7, 11) is 0. The van der Waals surface area contributed by atoms with E-state index in [-0.39, 0.29) is 18.0 Å². The molecule has 0 radical (unpaired) electrons. The van der Waals surface area contributed by atoms with Gasteiger partial charge in [0, 0.05) is 0 Å². The van der Waals surface area contributed by atoms with E-state index in [2.05, 4.69) is 52.0 Å². The average molecular weight is 357 g/mol. The SMILES string of the molecule is Cc1ccc([C@@H](C(=O)OC2C[C@H](C)CC[C@H]2C(C)C)C2CCCC2)cc1. The van der Waals surface area contributed by atoms with Gasteiger partial charge in [-0.25, -0.2) is 0 Å². The molecule has 0 spiro atoms. The molecule has 0 aromatic heterocycles. The molecule has 3 rings (SSSR count). The highest BCUT2D eigenvalue weighted by molar-refractivity contribution is 5.79. The van der Waals surface area contributed by atoms with E-state index in [1.165, 1.54) is 31.2 Å². The fourth-order valence-electron chi connectivity index (χ4n) is 5.14. The van der Waals surface area contributed by atoms with Crippen molar-refractivity contribution in [3.05, 3.63) is 35.4 Å². The summed E-state index contributed by atoms with van der Waals surface area (Å²) < 4.78 is 6.26. The fourth-order valence-corrected chi connectivity index (χ4v) is 5.14. The van der Waals surface area contributed by atoms with E-state index in [0.29, 0.717) is 23.7 Å². The molecule has 0 amide bonds. The predicted molar refractivity (Wildman–Crippen MR) is 107 cm³/mol. The Morgan fingerprint density at radius 2 is 1.69 bits per heavy atom. The molecular weight excluding hydrogens is 320 g/mol. The number of aryl methyl sites for hydroxylation is 1. The minimum absolute atomic E-state index is 0.0329. The molecule has 2 fully saturated rings. The molecule has 1 aromatic carbocycles. The second kappa shape index (κ2) is 8.59. The van der Waals surface area contributed by atoms with Gasteiger partial charge in [-0.3, -0.25) is 4.79 Å². The Hall–Kier alpha value is -1.31. The third-order valence-corrected chi connectivity index (χ3v) is 6.79. The molecule has 0 heterocycles. The van der Waals surface area contributed by atoms with Crippen LogP contribution in [-0.2, 0) is 9.53 Å². The number of hydrogen-bond acceptors (Lipinski definition) is 2. The Balaban J connectivity index is 1.79. The maximum Gasteiger partial charge on any atom is 0.313 e. The minimum Gasteiger partial charge on any atom is -0.462 e. The van der Waals surface area contributed by atoms with E-state index < -0.39 is 0 Å². The number of carbonyl (C=O) groups is 1. The highest BCUT2D eigenvalue weighted by atomic mass is 16.5. The highest BCUT2D eigenvalue weighted by Gasteiger charge is 2.38. The molecule has 2 heteroatoms. The Morgan fingerprint density at radius 1 is 1.04 bits per heavy atom. The van der Waals surface area contributed by atoms with Gasteiger partial charge in [0.2, 0.25) is 0 Å². The van der Waals surface area contributed by atoms with Crippen LogP contribution >= 0.6 is 0 Å². The van der Waals surface area contributed by atoms with E-state index in [9.17, 15) is 4.79 Å². The third kappa shape index (κ3) is 4.50. The first-order chi connectivity index (χ1) is 12.5. The van der Waals surface area contributed by atoms with Crippen molar-refractivity contribution in [2.45, 2.75) is 84.7 Å². The van der Waals surface area contributed by atoms with Crippen LogP contribution in [0.2, 0.25) is 0 Å². The monoisotopic (exact) mass is 356 g/mol. The molecule has 1 unspecified atom stereocenters. The lowest BCUT2D eigenvalue weighted by Crippen LogP contribution is -2.37. The van der Waals surface area contributed by atoms with Crippen molar-refractivity contribution in [1.29, 1.82) is 0 Å². The van der Waals surface area contributed by atoms with Crippen LogP contribution in [0.5, 0.6) is 0 Å². The molecule has 2 saturated carbocycles. The first-order valence-corrected chi connectivity index (χ1v) is 10.7. The zero-order valence-corrected chi connectivity index (χ0v) is 17.0. The van der Waals surface area contributed by atoms with Crippen LogP contribution in [0, 0.1) is 30.6 Å². The summed E-state index contributed by atoms with van der Waals surface area (Å²) in [5.41, 5.74) is 2.39. The van der Waals surface area contributed by atoms with Crippen LogP contribution in [0.15, 0.2) is 24.3 Å². The fraction of sp³-hybridized carbons (Fsp3) is 0.708. The molecule has 144 valence electrons. The van der Waals surface area contributed by atoms with Crippen LogP contribution in [-0.4, -0.2) is 12.1 Å². The van der Waals surface area contributed by atoms with E-state index >= 15 is 0 Å². The molecule has 2 aliphatic rings. The summed E-state index contributed by atoms with van der Waals surface area (Å²) in [6.07, 6.45) is 8.38. The van der Waals surface area contributed by atoms with Gasteiger partial charge in [0.15, 0.2) is 0 Å². The molecule has 0 bridgehead atoms. The van der Waals surface area contributed by atoms with Gasteiger partial charge in [-0.1, -0.05) is 69.9 Å². The smallest absolute Gasteiger partial charge is 0.313 e. The molecule has 4 atom stereocenters. The van der Waals surface area contributed by atoms with Gasteiger partial charge in [0.25, 0.3) is 0 Å². The van der Waals surface area contributed by atoms with Gasteiger partial charge in [-0.15, -0.1) is 0 Å². The second-order valence-corrected chi connectivity index (χ2v) is 9.23. The van der Waals surface area contributed by atoms with Gasteiger partial charge < -0.3 is 4.74 Å². The quantitative estimate of drug-likeness (QED) is 0.581. The zero-order valence-electron chi connectivity index (χ0n) is 17.0. The maximum absolute atomic E-state index is 13.3. The molecule has 26 heavy (non-hydrogen) atoms. The van der Waals surface area contributed by atoms with Gasteiger partial charge in [0.05, 0.1) is 5.92 Å². The second-order valence-electron chi connectivity index (χ2n) is 9.23. The number of rotatable bonds is 5. The van der Waals surface area contributed by atoms with Crippen molar-refractivity contribution >= 4 is 5.97 Å². The Morgan fingerprint density at radius 3 is 2.31 bits per heavy atom. The summed E-state index contributed by atoms with van der Waals surface area (Å²) in [4.78, 5) is 13.3. The van der Waals surface area contributed by atoms with Crippen LogP contribution in [0.25, 0.3) is 0 Å². The number of esters is 1. The van der Waals surface area contributed by atoms with Crippen molar-refractivity contribution < 1.29 is 9.53 Å². The van der Waals surface area contributed by atoms with Crippen molar-refractivity contribution in [2.24, 2.45) is 23.7 Å². The first-order valence-electron chi connectivity index (χ1n) is 10.7. The van der Waals surface area contributed by atoms with Gasteiger partial charge in [-0.05, 0) is 61.8 Å². The molecule has 2 aliphatic carbocycles. The normalized spacial score (nSPS) is 28.3. The lowest BCUT2D eigenvalue weighted by molar-refractivity contribution is -0.159. The summed E-state index contributed by atoms with van der Waals surface area (Å²) in [6.45, 7) is 8.95. The first kappa shape index (κ1) is 19.5. The zero-order chi connectivity index (χ0) is 18.7. The number of hydrogen-bond donors (Lipinski definition) is 0. The highest BCUT2D eigenvalue weighted by Crippen LogP contribution is 2.41. The third-order valence-electron chi connectivity index (χ3n) is 6.79. The van der Waals surface area contributed by atoms with Crippen LogP contribution < -0.4 is 0 Å². The van der Waals surface area contributed by atoms with Crippen molar-refractivity contribution in [2.75, 3.05) is 0 Å². The van der Waals surface area contributed by atoms with Gasteiger partial charge in [0.1, 0.15) is 6.10 Å². The standard InChI is InChI=1S/C24H36O2/c1-16(2)21-14-11-18(4)15-22(21)26-24(25)23(19-7-5-6-8-19)20-12-9-17(3)10-13-20/h9-10,12-13,16,18-19,21-23H,5-8,11,14-15H2,1-4H3/t18-,21+,22?,23+/m1/s1. The molecule has 0 aliphatic heterocycles. The number of ether oxygens (including phenoxy) is 1. The summed E-state index contributed by atoms with van der Waals surface area (Å²) in [6, 6.07) is 8.54. The van der Waals surface area contributed by atoms with Crippen molar-refractivity contribution in [3.8, 4) is 0 Å². The average Bonchev–Trinajstić information content (AvgIpc) is 3.10. The maximum atomic E-state index is 13.3. The van der Waals surface area contributed by atoms with Crippen molar-refractivity contribution in [3.63, 3.8) is 0 Å². The van der Waals surface area contributed by atoms with Crippen molar-refractivity contribution in [1.82, 2.24) is 0 Å². The Kier molecular flexibility index (Phi) is 6.42. The predicted octanol–water partition coefficient (Wildman–Crippen LogP) is 6.27. The van der Waals surface area contributed by atoms with E-state index in [4.69, 9.17) is 4.74 Å².